The van der Waals surface area contributed by atoms with Crippen LogP contribution in [0.15, 0.2) is 33.5 Å². The average Bonchev–Trinajstić information content (AvgIpc) is 2.50. The minimum absolute atomic E-state index is 0.0389. The first-order chi connectivity index (χ1) is 12.1. The van der Waals surface area contributed by atoms with E-state index in [1.165, 1.54) is 18.2 Å². The van der Waals surface area contributed by atoms with E-state index in [0.717, 1.165) is 0 Å². The molecule has 2 aromatic rings. The first kappa shape index (κ1) is 19.3. The number of alkyl carbamates (subject to hydrolysis) is 1. The molecule has 8 heteroatoms. The smallest absolute Gasteiger partial charge is 0.407 e. The van der Waals surface area contributed by atoms with Crippen molar-refractivity contribution in [3.8, 4) is 5.75 Å². The van der Waals surface area contributed by atoms with Crippen LogP contribution in [0.1, 0.15) is 32.8 Å². The number of phenols is 1. The monoisotopic (exact) mass is 363 g/mol. The summed E-state index contributed by atoms with van der Waals surface area (Å²) < 4.78 is 15.2. The predicted octanol–water partition coefficient (Wildman–Crippen LogP) is 2.46. The Morgan fingerprint density at radius 3 is 2.65 bits per heavy atom. The number of aromatic hydroxyl groups is 1. The van der Waals surface area contributed by atoms with E-state index in [-0.39, 0.29) is 30.9 Å². The van der Waals surface area contributed by atoms with E-state index in [2.05, 4.69) is 5.32 Å². The van der Waals surface area contributed by atoms with Gasteiger partial charge in [0.15, 0.2) is 0 Å². The number of nitrogens with one attached hydrogen (secondary N) is 1. The van der Waals surface area contributed by atoms with Gasteiger partial charge >= 0.3 is 17.7 Å². The second-order valence-electron chi connectivity index (χ2n) is 6.61. The van der Waals surface area contributed by atoms with Gasteiger partial charge in [-0.1, -0.05) is 0 Å². The number of fused-ring (bicyclic) bond motifs is 1. The first-order valence-electron chi connectivity index (χ1n) is 8.02. The molecule has 0 aliphatic carbocycles. The number of carbonyl (C=O) groups excluding carboxylic acids is 2. The Morgan fingerprint density at radius 2 is 1.96 bits per heavy atom. The maximum atomic E-state index is 11.8. The zero-order valence-corrected chi connectivity index (χ0v) is 14.8. The number of amides is 1. The molecule has 1 heterocycles. The number of ether oxygens (including phenoxy) is 2. The molecule has 1 amide bonds. The zero-order valence-electron chi connectivity index (χ0n) is 14.8. The van der Waals surface area contributed by atoms with Crippen LogP contribution in [-0.4, -0.2) is 29.3 Å². The van der Waals surface area contributed by atoms with E-state index in [1.54, 1.807) is 26.8 Å². The topological polar surface area (TPSA) is 115 Å². The summed E-state index contributed by atoms with van der Waals surface area (Å²) in [4.78, 5) is 34.9. The van der Waals surface area contributed by atoms with Crippen molar-refractivity contribution >= 4 is 23.0 Å². The fourth-order valence-corrected chi connectivity index (χ4v) is 2.15. The van der Waals surface area contributed by atoms with E-state index in [9.17, 15) is 19.5 Å². The summed E-state index contributed by atoms with van der Waals surface area (Å²) in [5, 5.41) is 12.5. The molecule has 0 bridgehead atoms. The molecule has 0 saturated carbocycles. The highest BCUT2D eigenvalue weighted by Crippen LogP contribution is 2.22. The molecular weight excluding hydrogens is 342 g/mol. The Labute approximate surface area is 149 Å². The van der Waals surface area contributed by atoms with Gasteiger partial charge in [0.05, 0.1) is 6.42 Å². The van der Waals surface area contributed by atoms with Crippen molar-refractivity contribution in [2.75, 3.05) is 6.54 Å². The number of benzene rings is 1. The molecule has 0 fully saturated rings. The minimum atomic E-state index is -0.617. The molecule has 0 aliphatic heterocycles. The molecule has 2 rings (SSSR count). The Morgan fingerprint density at radius 1 is 1.23 bits per heavy atom. The van der Waals surface area contributed by atoms with Crippen LogP contribution in [0.4, 0.5) is 4.79 Å². The summed E-state index contributed by atoms with van der Waals surface area (Å²) in [5.74, 6) is -0.579. The molecule has 2 N–H and O–H groups in total. The van der Waals surface area contributed by atoms with Crippen LogP contribution in [-0.2, 0) is 20.9 Å². The number of esters is 1. The van der Waals surface area contributed by atoms with Crippen LogP contribution in [0.2, 0.25) is 0 Å². The number of phenolic OH excluding ortho intramolecular Hbond substituents is 1. The van der Waals surface area contributed by atoms with Crippen LogP contribution in [0.5, 0.6) is 5.75 Å². The fourth-order valence-electron chi connectivity index (χ4n) is 2.15. The van der Waals surface area contributed by atoms with E-state index < -0.39 is 23.3 Å². The zero-order chi connectivity index (χ0) is 19.3. The van der Waals surface area contributed by atoms with E-state index in [0.29, 0.717) is 10.9 Å². The summed E-state index contributed by atoms with van der Waals surface area (Å²) in [6, 6.07) is 5.55. The third-order valence-electron chi connectivity index (χ3n) is 3.20. The first-order valence-corrected chi connectivity index (χ1v) is 8.02. The lowest BCUT2D eigenvalue weighted by Crippen LogP contribution is -2.33. The van der Waals surface area contributed by atoms with Crippen molar-refractivity contribution in [3.63, 3.8) is 0 Å². The largest absolute Gasteiger partial charge is 0.508 e. The van der Waals surface area contributed by atoms with Gasteiger partial charge in [0.25, 0.3) is 0 Å². The van der Waals surface area contributed by atoms with Crippen LogP contribution >= 0.6 is 0 Å². The van der Waals surface area contributed by atoms with E-state index in [1.807, 2.05) is 0 Å². The van der Waals surface area contributed by atoms with Gasteiger partial charge in [0, 0.05) is 29.6 Å². The molecule has 0 spiro atoms. The highest BCUT2D eigenvalue weighted by molar-refractivity contribution is 5.81. The van der Waals surface area contributed by atoms with Gasteiger partial charge in [-0.05, 0) is 32.9 Å². The molecule has 8 nitrogen and oxygen atoms in total. The molecule has 0 saturated heterocycles. The number of hydrogen-bond donors (Lipinski definition) is 2. The van der Waals surface area contributed by atoms with Crippen LogP contribution < -0.4 is 10.9 Å². The van der Waals surface area contributed by atoms with Gasteiger partial charge in [-0.15, -0.1) is 0 Å². The number of hydrogen-bond acceptors (Lipinski definition) is 7. The van der Waals surface area contributed by atoms with Crippen molar-refractivity contribution in [1.82, 2.24) is 5.32 Å². The highest BCUT2D eigenvalue weighted by Gasteiger charge is 2.16. The second-order valence-corrected chi connectivity index (χ2v) is 6.61. The SMILES string of the molecule is CC(C)(C)OC(=O)NCCC(=O)OCc1cc(=O)oc2cc(O)ccc12. The second kappa shape index (κ2) is 7.90. The third-order valence-corrected chi connectivity index (χ3v) is 3.20. The summed E-state index contributed by atoms with van der Waals surface area (Å²) in [6.45, 7) is 5.15. The van der Waals surface area contributed by atoms with Gasteiger partial charge in [-0.25, -0.2) is 9.59 Å². The third kappa shape index (κ3) is 5.80. The van der Waals surface area contributed by atoms with Crippen LogP contribution in [0.25, 0.3) is 11.0 Å². The van der Waals surface area contributed by atoms with Gasteiger partial charge in [0.2, 0.25) is 0 Å². The van der Waals surface area contributed by atoms with Gasteiger partial charge in [-0.3, -0.25) is 4.79 Å². The van der Waals surface area contributed by atoms with Gasteiger partial charge in [0.1, 0.15) is 23.5 Å². The van der Waals surface area contributed by atoms with Crippen molar-refractivity contribution in [1.29, 1.82) is 0 Å². The Hall–Kier alpha value is -3.03. The Balaban J connectivity index is 1.89. The average molecular weight is 363 g/mol. The quantitative estimate of drug-likeness (QED) is 0.619. The fraction of sp³-hybridized carbons (Fsp3) is 0.389. The minimum Gasteiger partial charge on any atom is -0.508 e. The number of carbonyl (C=O) groups is 2. The molecule has 140 valence electrons. The van der Waals surface area contributed by atoms with Crippen molar-refractivity contribution in [2.24, 2.45) is 0 Å². The predicted molar refractivity (Wildman–Crippen MR) is 92.8 cm³/mol. The maximum Gasteiger partial charge on any atom is 0.407 e. The molecule has 0 unspecified atom stereocenters. The summed E-state index contributed by atoms with van der Waals surface area (Å²) in [5.41, 5.74) is -0.560. The molecule has 1 aromatic heterocycles. The van der Waals surface area contributed by atoms with Crippen LogP contribution in [0.3, 0.4) is 0 Å². The maximum absolute atomic E-state index is 11.8. The molecule has 26 heavy (non-hydrogen) atoms. The Bertz CT molecular complexity index is 864. The summed E-state index contributed by atoms with van der Waals surface area (Å²) in [7, 11) is 0. The molecule has 0 aliphatic rings. The Kier molecular flexibility index (Phi) is 5.86. The molecule has 0 atom stereocenters. The molecule has 1 aromatic carbocycles. The molecular formula is C18H21NO7. The summed E-state index contributed by atoms with van der Waals surface area (Å²) >= 11 is 0. The van der Waals surface area contributed by atoms with Gasteiger partial charge in [-0.2, -0.15) is 0 Å². The number of rotatable bonds is 5. The summed E-state index contributed by atoms with van der Waals surface area (Å²) in [6.07, 6.45) is -0.656. The molecule has 0 radical (unpaired) electrons. The lowest BCUT2D eigenvalue weighted by Gasteiger charge is -2.19. The highest BCUT2D eigenvalue weighted by atomic mass is 16.6. The van der Waals surface area contributed by atoms with Crippen molar-refractivity contribution in [2.45, 2.75) is 39.4 Å². The van der Waals surface area contributed by atoms with Crippen molar-refractivity contribution < 1.29 is 28.6 Å². The van der Waals surface area contributed by atoms with Crippen LogP contribution in [0, 0.1) is 0 Å². The normalized spacial score (nSPS) is 11.2. The lowest BCUT2D eigenvalue weighted by atomic mass is 10.1. The van der Waals surface area contributed by atoms with Gasteiger partial charge < -0.3 is 24.3 Å². The lowest BCUT2D eigenvalue weighted by molar-refractivity contribution is -0.144. The standard InChI is InChI=1S/C18H21NO7/c1-18(2,3)26-17(23)19-7-6-15(21)24-10-11-8-16(22)25-14-9-12(20)4-5-13(11)14/h4-5,8-9,20H,6-7,10H2,1-3H3,(H,19,23). The van der Waals surface area contributed by atoms with E-state index in [4.69, 9.17) is 13.9 Å². The van der Waals surface area contributed by atoms with Crippen molar-refractivity contribution in [3.05, 3.63) is 40.2 Å². The van der Waals surface area contributed by atoms with E-state index >= 15 is 0 Å².